The first kappa shape index (κ1) is 8.04. The third-order valence-corrected chi connectivity index (χ3v) is 1.92. The van der Waals surface area contributed by atoms with Gasteiger partial charge in [-0.3, -0.25) is 4.68 Å². The predicted octanol–water partition coefficient (Wildman–Crippen LogP) is 1.54. The monoisotopic (exact) mass is 177 g/mol. The van der Waals surface area contributed by atoms with Crippen LogP contribution in [0.1, 0.15) is 17.0 Å². The zero-order chi connectivity index (χ0) is 9.26. The van der Waals surface area contributed by atoms with Crippen LogP contribution < -0.4 is 0 Å². The quantitative estimate of drug-likeness (QED) is 0.698. The third-order valence-electron chi connectivity index (χ3n) is 1.92. The summed E-state index contributed by atoms with van der Waals surface area (Å²) in [5.74, 6) is 0. The molecule has 0 N–H and O–H groups in total. The zero-order valence-electron chi connectivity index (χ0n) is 7.69. The fourth-order valence-electron chi connectivity index (χ4n) is 1.31. The molecule has 0 radical (unpaired) electrons. The van der Waals surface area contributed by atoms with Crippen LogP contribution in [-0.2, 0) is 6.54 Å². The number of aryl methyl sites for hydroxylation is 2. The van der Waals surface area contributed by atoms with E-state index in [0.717, 1.165) is 23.5 Å². The molecule has 68 valence electrons. The Bertz CT molecular complexity index is 389. The summed E-state index contributed by atoms with van der Waals surface area (Å²) < 4.78 is 6.67. The molecule has 0 saturated carbocycles. The average Bonchev–Trinajstić information content (AvgIpc) is 2.63. The first-order valence-electron chi connectivity index (χ1n) is 4.15. The molecule has 2 aromatic heterocycles. The molecule has 13 heavy (non-hydrogen) atoms. The predicted molar refractivity (Wildman–Crippen MR) is 47.3 cm³/mol. The van der Waals surface area contributed by atoms with Crippen molar-refractivity contribution in [3.05, 3.63) is 35.5 Å². The molecule has 0 bridgehead atoms. The van der Waals surface area contributed by atoms with Gasteiger partial charge in [0, 0.05) is 11.3 Å². The molecule has 4 nitrogen and oxygen atoms in total. The highest BCUT2D eigenvalue weighted by Crippen LogP contribution is 2.05. The maximum Gasteiger partial charge on any atom is 0.128 e. The third kappa shape index (κ3) is 1.61. The second-order valence-electron chi connectivity index (χ2n) is 3.12. The van der Waals surface area contributed by atoms with E-state index in [1.165, 1.54) is 0 Å². The Labute approximate surface area is 76.2 Å². The van der Waals surface area contributed by atoms with Crippen LogP contribution in [0.4, 0.5) is 0 Å². The smallest absolute Gasteiger partial charge is 0.128 e. The van der Waals surface area contributed by atoms with Gasteiger partial charge in [0.15, 0.2) is 0 Å². The van der Waals surface area contributed by atoms with E-state index in [2.05, 4.69) is 10.3 Å². The van der Waals surface area contributed by atoms with E-state index in [0.29, 0.717) is 0 Å². The Hall–Kier alpha value is -1.58. The minimum Gasteiger partial charge on any atom is -0.364 e. The van der Waals surface area contributed by atoms with E-state index >= 15 is 0 Å². The molecule has 0 aromatic carbocycles. The van der Waals surface area contributed by atoms with Gasteiger partial charge in [0.25, 0.3) is 0 Å². The molecule has 2 heterocycles. The molecular weight excluding hydrogens is 166 g/mol. The van der Waals surface area contributed by atoms with Gasteiger partial charge in [-0.2, -0.15) is 5.10 Å². The summed E-state index contributed by atoms with van der Waals surface area (Å²) in [4.78, 5) is 0. The highest BCUT2D eigenvalue weighted by Gasteiger charge is 2.02. The minimum absolute atomic E-state index is 0.725. The summed E-state index contributed by atoms with van der Waals surface area (Å²) in [5, 5.41) is 7.97. The maximum atomic E-state index is 4.74. The lowest BCUT2D eigenvalue weighted by molar-refractivity contribution is 0.418. The molecule has 0 atom stereocenters. The van der Waals surface area contributed by atoms with Crippen LogP contribution in [0.25, 0.3) is 0 Å². The molecule has 2 aromatic rings. The van der Waals surface area contributed by atoms with E-state index in [1.807, 2.05) is 24.6 Å². The van der Waals surface area contributed by atoms with Crippen molar-refractivity contribution < 1.29 is 4.52 Å². The van der Waals surface area contributed by atoms with Crippen LogP contribution in [-0.4, -0.2) is 14.9 Å². The van der Waals surface area contributed by atoms with Gasteiger partial charge in [-0.25, -0.2) is 0 Å². The van der Waals surface area contributed by atoms with Crippen molar-refractivity contribution in [2.45, 2.75) is 20.4 Å². The van der Waals surface area contributed by atoms with Gasteiger partial charge in [0.2, 0.25) is 0 Å². The first-order chi connectivity index (χ1) is 6.25. The molecule has 0 spiro atoms. The topological polar surface area (TPSA) is 43.9 Å². The van der Waals surface area contributed by atoms with Gasteiger partial charge in [0.05, 0.1) is 18.4 Å². The molecule has 2 rings (SSSR count). The van der Waals surface area contributed by atoms with E-state index < -0.39 is 0 Å². The Morgan fingerprint density at radius 3 is 2.85 bits per heavy atom. The summed E-state index contributed by atoms with van der Waals surface area (Å²) >= 11 is 0. The standard InChI is InChI=1S/C9H11N3O/c1-7-3-8(2)12(11-7)5-9-4-10-13-6-9/h3-4,6H,5H2,1-2H3. The fourth-order valence-corrected chi connectivity index (χ4v) is 1.31. The summed E-state index contributed by atoms with van der Waals surface area (Å²) in [7, 11) is 0. The van der Waals surface area contributed by atoms with Crippen molar-refractivity contribution in [2.24, 2.45) is 0 Å². The summed E-state index contributed by atoms with van der Waals surface area (Å²) in [5.41, 5.74) is 3.22. The van der Waals surface area contributed by atoms with Gasteiger partial charge in [0.1, 0.15) is 6.26 Å². The lowest BCUT2D eigenvalue weighted by Gasteiger charge is -1.99. The Morgan fingerprint density at radius 2 is 2.31 bits per heavy atom. The second-order valence-corrected chi connectivity index (χ2v) is 3.12. The van der Waals surface area contributed by atoms with E-state index in [1.54, 1.807) is 12.5 Å². The van der Waals surface area contributed by atoms with Gasteiger partial charge < -0.3 is 4.52 Å². The van der Waals surface area contributed by atoms with Crippen LogP contribution >= 0.6 is 0 Å². The molecule has 0 aliphatic rings. The zero-order valence-corrected chi connectivity index (χ0v) is 7.69. The SMILES string of the molecule is Cc1cc(C)n(Cc2cnoc2)n1. The molecule has 0 aliphatic carbocycles. The van der Waals surface area contributed by atoms with Crippen molar-refractivity contribution in [1.29, 1.82) is 0 Å². The highest BCUT2D eigenvalue weighted by molar-refractivity contribution is 5.09. The van der Waals surface area contributed by atoms with E-state index in [4.69, 9.17) is 4.52 Å². The van der Waals surface area contributed by atoms with Crippen molar-refractivity contribution in [3.8, 4) is 0 Å². The molecular formula is C9H11N3O. The number of nitrogens with zero attached hydrogens (tertiary/aromatic N) is 3. The highest BCUT2D eigenvalue weighted by atomic mass is 16.5. The number of hydrogen-bond donors (Lipinski definition) is 0. The van der Waals surface area contributed by atoms with Crippen LogP contribution in [0.5, 0.6) is 0 Å². The lowest BCUT2D eigenvalue weighted by atomic mass is 10.3. The van der Waals surface area contributed by atoms with Gasteiger partial charge in [-0.05, 0) is 19.9 Å². The van der Waals surface area contributed by atoms with Crippen LogP contribution in [0.15, 0.2) is 23.0 Å². The maximum absolute atomic E-state index is 4.74. The van der Waals surface area contributed by atoms with E-state index in [-0.39, 0.29) is 0 Å². The summed E-state index contributed by atoms with van der Waals surface area (Å²) in [6.07, 6.45) is 3.34. The Balaban J connectivity index is 2.23. The summed E-state index contributed by atoms with van der Waals surface area (Å²) in [6.45, 7) is 4.74. The fraction of sp³-hybridized carbons (Fsp3) is 0.333. The van der Waals surface area contributed by atoms with Gasteiger partial charge in [-0.15, -0.1) is 0 Å². The Morgan fingerprint density at radius 1 is 1.46 bits per heavy atom. The minimum atomic E-state index is 0.725. The number of rotatable bonds is 2. The Kier molecular flexibility index (Phi) is 1.88. The molecule has 0 fully saturated rings. The first-order valence-corrected chi connectivity index (χ1v) is 4.15. The van der Waals surface area contributed by atoms with Crippen molar-refractivity contribution in [3.63, 3.8) is 0 Å². The van der Waals surface area contributed by atoms with Gasteiger partial charge in [-0.1, -0.05) is 5.16 Å². The van der Waals surface area contributed by atoms with E-state index in [9.17, 15) is 0 Å². The van der Waals surface area contributed by atoms with Crippen molar-refractivity contribution in [1.82, 2.24) is 14.9 Å². The number of aromatic nitrogens is 3. The normalized spacial score (nSPS) is 10.6. The molecule has 0 unspecified atom stereocenters. The van der Waals surface area contributed by atoms with Crippen molar-refractivity contribution >= 4 is 0 Å². The molecule has 4 heteroatoms. The average molecular weight is 177 g/mol. The second kappa shape index (κ2) is 3.05. The largest absolute Gasteiger partial charge is 0.364 e. The van der Waals surface area contributed by atoms with Crippen LogP contribution in [0.3, 0.4) is 0 Å². The lowest BCUT2D eigenvalue weighted by Crippen LogP contribution is -2.02. The summed E-state index contributed by atoms with van der Waals surface area (Å²) in [6, 6.07) is 2.05. The van der Waals surface area contributed by atoms with Crippen molar-refractivity contribution in [2.75, 3.05) is 0 Å². The van der Waals surface area contributed by atoms with Crippen LogP contribution in [0, 0.1) is 13.8 Å². The molecule has 0 saturated heterocycles. The van der Waals surface area contributed by atoms with Gasteiger partial charge >= 0.3 is 0 Å². The van der Waals surface area contributed by atoms with Crippen LogP contribution in [0.2, 0.25) is 0 Å². The number of hydrogen-bond acceptors (Lipinski definition) is 3. The molecule has 0 amide bonds. The molecule has 0 aliphatic heterocycles.